The molecule has 0 aliphatic carbocycles. The molecule has 0 saturated heterocycles. The van der Waals surface area contributed by atoms with Gasteiger partial charge in [-0.2, -0.15) is 5.10 Å². The van der Waals surface area contributed by atoms with Crippen molar-refractivity contribution in [2.45, 2.75) is 6.42 Å². The van der Waals surface area contributed by atoms with Crippen molar-refractivity contribution in [1.82, 2.24) is 15.1 Å². The minimum atomic E-state index is -0.336. The second kappa shape index (κ2) is 6.10. The molecule has 0 saturated carbocycles. The first-order valence-corrected chi connectivity index (χ1v) is 6.24. The van der Waals surface area contributed by atoms with Crippen molar-refractivity contribution < 1.29 is 14.6 Å². The van der Waals surface area contributed by atoms with Crippen LogP contribution in [-0.2, 0) is 13.5 Å². The molecule has 1 heterocycles. The van der Waals surface area contributed by atoms with Crippen LogP contribution in [-0.4, -0.2) is 34.4 Å². The first-order valence-electron chi connectivity index (χ1n) is 6.24. The molecule has 0 radical (unpaired) electrons. The summed E-state index contributed by atoms with van der Waals surface area (Å²) in [5, 5.41) is 16.7. The minimum absolute atomic E-state index is 0.0684. The van der Waals surface area contributed by atoms with E-state index in [1.54, 1.807) is 10.7 Å². The van der Waals surface area contributed by atoms with Crippen LogP contribution in [0, 0.1) is 0 Å². The molecule has 106 valence electrons. The molecule has 6 heteroatoms. The van der Waals surface area contributed by atoms with Crippen LogP contribution in [0.25, 0.3) is 0 Å². The molecule has 2 N–H and O–H groups in total. The summed E-state index contributed by atoms with van der Waals surface area (Å²) in [7, 11) is 3.35. The molecule has 0 bridgehead atoms. The highest BCUT2D eigenvalue weighted by molar-refractivity contribution is 5.97. The lowest BCUT2D eigenvalue weighted by molar-refractivity contribution is 0.0951. The van der Waals surface area contributed by atoms with E-state index in [0.29, 0.717) is 18.7 Å². The monoisotopic (exact) mass is 275 g/mol. The van der Waals surface area contributed by atoms with E-state index in [9.17, 15) is 9.90 Å². The molecule has 2 aromatic rings. The summed E-state index contributed by atoms with van der Waals surface area (Å²) in [6.45, 7) is 0.451. The molecule has 0 atom stereocenters. The van der Waals surface area contributed by atoms with Gasteiger partial charge in [-0.25, -0.2) is 0 Å². The van der Waals surface area contributed by atoms with Gasteiger partial charge in [-0.3, -0.25) is 9.48 Å². The normalized spacial score (nSPS) is 10.3. The third-order valence-corrected chi connectivity index (χ3v) is 2.88. The molecule has 0 aliphatic rings. The van der Waals surface area contributed by atoms with E-state index in [4.69, 9.17) is 4.74 Å². The Morgan fingerprint density at radius 1 is 1.45 bits per heavy atom. The quantitative estimate of drug-likeness (QED) is 0.857. The van der Waals surface area contributed by atoms with Gasteiger partial charge in [0.2, 0.25) is 0 Å². The van der Waals surface area contributed by atoms with E-state index in [-0.39, 0.29) is 17.2 Å². The summed E-state index contributed by atoms with van der Waals surface area (Å²) in [5.41, 5.74) is 1.10. The Balaban J connectivity index is 1.94. The Hall–Kier alpha value is -2.50. The molecule has 0 unspecified atom stereocenters. The number of nitrogens with zero attached hydrogens (tertiary/aromatic N) is 2. The molecular weight excluding hydrogens is 258 g/mol. The molecule has 0 spiro atoms. The van der Waals surface area contributed by atoms with Gasteiger partial charge in [-0.05, 0) is 24.3 Å². The number of hydrogen-bond acceptors (Lipinski definition) is 4. The smallest absolute Gasteiger partial charge is 0.255 e. The van der Waals surface area contributed by atoms with Crippen molar-refractivity contribution in [2.75, 3.05) is 13.7 Å². The Morgan fingerprint density at radius 3 is 2.90 bits per heavy atom. The summed E-state index contributed by atoms with van der Waals surface area (Å²) in [6.07, 6.45) is 2.49. The number of ether oxygens (including phenoxy) is 1. The van der Waals surface area contributed by atoms with E-state index in [0.717, 1.165) is 5.69 Å². The summed E-state index contributed by atoms with van der Waals surface area (Å²) in [6, 6.07) is 6.44. The van der Waals surface area contributed by atoms with Crippen molar-refractivity contribution in [3.05, 3.63) is 41.7 Å². The van der Waals surface area contributed by atoms with Gasteiger partial charge in [0.05, 0.1) is 18.4 Å². The highest BCUT2D eigenvalue weighted by atomic mass is 16.5. The van der Waals surface area contributed by atoms with E-state index in [1.165, 1.54) is 19.2 Å². The molecular formula is C14H17N3O3. The summed E-state index contributed by atoms with van der Waals surface area (Å²) in [4.78, 5) is 12.0. The Morgan fingerprint density at radius 2 is 2.25 bits per heavy atom. The number of benzene rings is 1. The third-order valence-electron chi connectivity index (χ3n) is 2.88. The Bertz CT molecular complexity index is 607. The molecule has 1 amide bonds. The SMILES string of the molecule is COc1ccc(O)c(C(=O)NCCc2ccn(C)n2)c1. The number of carbonyl (C=O) groups excluding carboxylic acids is 1. The Kier molecular flexibility index (Phi) is 4.24. The van der Waals surface area contributed by atoms with Crippen LogP contribution in [0.3, 0.4) is 0 Å². The second-order valence-electron chi connectivity index (χ2n) is 4.37. The fraction of sp³-hybridized carbons (Fsp3) is 0.286. The summed E-state index contributed by atoms with van der Waals surface area (Å²) >= 11 is 0. The lowest BCUT2D eigenvalue weighted by atomic mass is 10.1. The predicted octanol–water partition coefficient (Wildman–Crippen LogP) is 1.11. The number of carbonyl (C=O) groups is 1. The van der Waals surface area contributed by atoms with Crippen molar-refractivity contribution in [3.63, 3.8) is 0 Å². The van der Waals surface area contributed by atoms with Crippen LogP contribution in [0.2, 0.25) is 0 Å². The van der Waals surface area contributed by atoms with Crippen LogP contribution in [0.4, 0.5) is 0 Å². The van der Waals surface area contributed by atoms with E-state index >= 15 is 0 Å². The lowest BCUT2D eigenvalue weighted by Crippen LogP contribution is -2.25. The van der Waals surface area contributed by atoms with Gasteiger partial charge in [-0.1, -0.05) is 0 Å². The fourth-order valence-electron chi connectivity index (χ4n) is 1.82. The zero-order chi connectivity index (χ0) is 14.5. The molecule has 1 aromatic heterocycles. The molecule has 0 fully saturated rings. The van der Waals surface area contributed by atoms with E-state index in [1.807, 2.05) is 19.3 Å². The number of aromatic hydroxyl groups is 1. The average Bonchev–Trinajstić information content (AvgIpc) is 2.85. The highest BCUT2D eigenvalue weighted by Crippen LogP contribution is 2.22. The van der Waals surface area contributed by atoms with Crippen molar-refractivity contribution in [3.8, 4) is 11.5 Å². The van der Waals surface area contributed by atoms with Gasteiger partial charge in [0.25, 0.3) is 5.91 Å². The van der Waals surface area contributed by atoms with Crippen LogP contribution >= 0.6 is 0 Å². The molecule has 20 heavy (non-hydrogen) atoms. The second-order valence-corrected chi connectivity index (χ2v) is 4.37. The van der Waals surface area contributed by atoms with Crippen LogP contribution in [0.1, 0.15) is 16.1 Å². The van der Waals surface area contributed by atoms with Crippen molar-refractivity contribution in [2.24, 2.45) is 7.05 Å². The average molecular weight is 275 g/mol. The predicted molar refractivity (Wildman–Crippen MR) is 73.9 cm³/mol. The van der Waals surface area contributed by atoms with Crippen LogP contribution < -0.4 is 10.1 Å². The van der Waals surface area contributed by atoms with Gasteiger partial charge in [0.1, 0.15) is 11.5 Å². The largest absolute Gasteiger partial charge is 0.507 e. The standard InChI is InChI=1S/C14H17N3O3/c1-17-8-6-10(16-17)5-7-15-14(19)12-9-11(20-2)3-4-13(12)18/h3-4,6,8-9,18H,5,7H2,1-2H3,(H,15,19). The molecule has 2 rings (SSSR count). The first-order chi connectivity index (χ1) is 9.60. The Labute approximate surface area is 117 Å². The highest BCUT2D eigenvalue weighted by Gasteiger charge is 2.12. The van der Waals surface area contributed by atoms with Crippen LogP contribution in [0.5, 0.6) is 11.5 Å². The minimum Gasteiger partial charge on any atom is -0.507 e. The van der Waals surface area contributed by atoms with Crippen molar-refractivity contribution >= 4 is 5.91 Å². The number of rotatable bonds is 5. The maximum atomic E-state index is 12.0. The maximum Gasteiger partial charge on any atom is 0.255 e. The number of phenols is 1. The van der Waals surface area contributed by atoms with Gasteiger partial charge in [0, 0.05) is 26.2 Å². The first kappa shape index (κ1) is 13.9. The number of amides is 1. The number of hydrogen-bond donors (Lipinski definition) is 2. The topological polar surface area (TPSA) is 76.4 Å². The zero-order valence-corrected chi connectivity index (χ0v) is 11.5. The summed E-state index contributed by atoms with van der Waals surface area (Å²) < 4.78 is 6.75. The third kappa shape index (κ3) is 3.28. The molecule has 0 aliphatic heterocycles. The number of phenolic OH excluding ortho intramolecular Hbond substituents is 1. The van der Waals surface area contributed by atoms with Gasteiger partial charge < -0.3 is 15.2 Å². The number of aryl methyl sites for hydroxylation is 1. The maximum absolute atomic E-state index is 12.0. The van der Waals surface area contributed by atoms with Gasteiger partial charge in [-0.15, -0.1) is 0 Å². The van der Waals surface area contributed by atoms with Gasteiger partial charge >= 0.3 is 0 Å². The lowest BCUT2D eigenvalue weighted by Gasteiger charge is -2.08. The fourth-order valence-corrected chi connectivity index (χ4v) is 1.82. The van der Waals surface area contributed by atoms with E-state index in [2.05, 4.69) is 10.4 Å². The summed E-state index contributed by atoms with van der Waals surface area (Å²) in [5.74, 6) is 0.121. The van der Waals surface area contributed by atoms with Crippen LogP contribution in [0.15, 0.2) is 30.5 Å². The van der Waals surface area contributed by atoms with Gasteiger partial charge in [0.15, 0.2) is 0 Å². The number of aromatic nitrogens is 2. The number of methoxy groups -OCH3 is 1. The number of nitrogens with one attached hydrogen (secondary N) is 1. The van der Waals surface area contributed by atoms with E-state index < -0.39 is 0 Å². The zero-order valence-electron chi connectivity index (χ0n) is 11.5. The molecule has 6 nitrogen and oxygen atoms in total. The van der Waals surface area contributed by atoms with Crippen molar-refractivity contribution in [1.29, 1.82) is 0 Å². The molecule has 1 aromatic carbocycles.